The van der Waals surface area contributed by atoms with Gasteiger partial charge in [0.05, 0.1) is 35.7 Å². The smallest absolute Gasteiger partial charge is 0.261 e. The zero-order valence-electron chi connectivity index (χ0n) is 17.4. The summed E-state index contributed by atoms with van der Waals surface area (Å²) in [5.74, 6) is -2.53. The fourth-order valence-electron chi connectivity index (χ4n) is 3.15. The van der Waals surface area contributed by atoms with Crippen molar-refractivity contribution in [1.29, 1.82) is 0 Å². The number of nitrogens with one attached hydrogen (secondary N) is 1. The van der Waals surface area contributed by atoms with E-state index in [9.17, 15) is 13.6 Å². The largest absolute Gasteiger partial charge is 0.497 e. The summed E-state index contributed by atoms with van der Waals surface area (Å²) < 4.78 is 45.4. The maximum Gasteiger partial charge on any atom is 0.261 e. The summed E-state index contributed by atoms with van der Waals surface area (Å²) in [6.07, 6.45) is 4.15. The quantitative estimate of drug-likeness (QED) is 0.393. The average Bonchev–Trinajstić information content (AvgIpc) is 2.81. The van der Waals surface area contributed by atoms with Crippen LogP contribution in [0, 0.1) is 11.6 Å². The Hall–Kier alpha value is -3.98. The number of amides is 1. The van der Waals surface area contributed by atoms with E-state index in [0.29, 0.717) is 16.7 Å². The Balaban J connectivity index is 1.64. The van der Waals surface area contributed by atoms with Crippen LogP contribution in [0.2, 0.25) is 5.02 Å². The van der Waals surface area contributed by atoms with Gasteiger partial charge in [-0.2, -0.15) is 0 Å². The number of aromatic nitrogens is 2. The molecule has 4 aromatic rings. The number of hydrogen-bond acceptors (Lipinski definition) is 6. The second-order valence-electron chi connectivity index (χ2n) is 6.71. The lowest BCUT2D eigenvalue weighted by Crippen LogP contribution is -2.14. The summed E-state index contributed by atoms with van der Waals surface area (Å²) in [6, 6.07) is 7.96. The predicted molar refractivity (Wildman–Crippen MR) is 118 cm³/mol. The predicted octanol–water partition coefficient (Wildman–Crippen LogP) is 5.62. The minimum Gasteiger partial charge on any atom is -0.497 e. The van der Waals surface area contributed by atoms with Gasteiger partial charge in [0.2, 0.25) is 0 Å². The van der Waals surface area contributed by atoms with Crippen molar-refractivity contribution in [3.8, 4) is 23.0 Å². The number of carbonyl (C=O) groups is 1. The van der Waals surface area contributed by atoms with Crippen LogP contribution in [0.5, 0.6) is 23.0 Å². The topological polar surface area (TPSA) is 82.6 Å². The van der Waals surface area contributed by atoms with E-state index in [1.807, 2.05) is 0 Å². The molecule has 0 saturated heterocycles. The van der Waals surface area contributed by atoms with Crippen molar-refractivity contribution < 1.29 is 27.8 Å². The van der Waals surface area contributed by atoms with E-state index >= 15 is 0 Å². The van der Waals surface area contributed by atoms with Crippen molar-refractivity contribution in [2.75, 3.05) is 19.5 Å². The highest BCUT2D eigenvalue weighted by Crippen LogP contribution is 2.38. The van der Waals surface area contributed by atoms with Crippen LogP contribution < -0.4 is 19.5 Å². The third-order valence-corrected chi connectivity index (χ3v) is 4.98. The van der Waals surface area contributed by atoms with Gasteiger partial charge in [0.15, 0.2) is 17.4 Å². The van der Waals surface area contributed by atoms with Gasteiger partial charge in [0, 0.05) is 42.5 Å². The van der Waals surface area contributed by atoms with Crippen molar-refractivity contribution in [3.05, 3.63) is 77.2 Å². The molecule has 7 nitrogen and oxygen atoms in total. The van der Waals surface area contributed by atoms with Crippen LogP contribution in [0.25, 0.3) is 10.9 Å². The molecule has 1 amide bonds. The standard InChI is InChI=1S/C23H16ClF2N3O4/c1-31-13-9-15(24)21-18(10-13)28-6-4-20(21)33-22-16(25)7-12(8-17(22)26)29-23(30)14-11-27-5-3-19(14)32-2/h3-11H,1-2H3,(H,29,30). The first-order valence-electron chi connectivity index (χ1n) is 9.49. The first-order chi connectivity index (χ1) is 15.9. The Kier molecular flexibility index (Phi) is 6.23. The number of pyridine rings is 2. The van der Waals surface area contributed by atoms with E-state index in [0.717, 1.165) is 12.1 Å². The maximum atomic E-state index is 14.8. The number of benzene rings is 2. The number of rotatable bonds is 6. The molecule has 0 aliphatic carbocycles. The minimum absolute atomic E-state index is 0.0994. The van der Waals surface area contributed by atoms with Gasteiger partial charge in [0.25, 0.3) is 5.91 Å². The third kappa shape index (κ3) is 4.49. The molecule has 0 spiro atoms. The molecule has 168 valence electrons. The lowest BCUT2D eigenvalue weighted by atomic mass is 10.2. The Morgan fingerprint density at radius 3 is 2.42 bits per heavy atom. The molecule has 0 saturated carbocycles. The SMILES string of the molecule is COc1cc(Cl)c2c(Oc3c(F)cc(NC(=O)c4cnccc4OC)cc3F)ccnc2c1. The van der Waals surface area contributed by atoms with Gasteiger partial charge >= 0.3 is 0 Å². The van der Waals surface area contributed by atoms with Crippen molar-refractivity contribution in [3.63, 3.8) is 0 Å². The van der Waals surface area contributed by atoms with Gasteiger partial charge < -0.3 is 19.5 Å². The maximum absolute atomic E-state index is 14.8. The highest BCUT2D eigenvalue weighted by Gasteiger charge is 2.19. The highest BCUT2D eigenvalue weighted by molar-refractivity contribution is 6.36. The van der Waals surface area contributed by atoms with Crippen LogP contribution in [-0.4, -0.2) is 30.1 Å². The van der Waals surface area contributed by atoms with E-state index in [2.05, 4.69) is 15.3 Å². The molecule has 0 fully saturated rings. The number of anilines is 1. The summed E-state index contributed by atoms with van der Waals surface area (Å²) in [6.45, 7) is 0. The van der Waals surface area contributed by atoms with Crippen molar-refractivity contribution >= 4 is 34.1 Å². The molecule has 2 aromatic heterocycles. The molecular formula is C23H16ClF2N3O4. The summed E-state index contributed by atoms with van der Waals surface area (Å²) in [4.78, 5) is 20.5. The number of hydrogen-bond donors (Lipinski definition) is 1. The van der Waals surface area contributed by atoms with E-state index < -0.39 is 23.3 Å². The second-order valence-corrected chi connectivity index (χ2v) is 7.12. The minimum atomic E-state index is -1.03. The Bertz CT molecular complexity index is 1340. The van der Waals surface area contributed by atoms with Crippen molar-refractivity contribution in [2.24, 2.45) is 0 Å². The lowest BCUT2D eigenvalue weighted by Gasteiger charge is -2.14. The monoisotopic (exact) mass is 471 g/mol. The van der Waals surface area contributed by atoms with Crippen molar-refractivity contribution in [1.82, 2.24) is 9.97 Å². The molecule has 0 radical (unpaired) electrons. The van der Waals surface area contributed by atoms with Gasteiger partial charge in [-0.25, -0.2) is 8.78 Å². The van der Waals surface area contributed by atoms with Crippen LogP contribution in [0.1, 0.15) is 10.4 Å². The van der Waals surface area contributed by atoms with Gasteiger partial charge in [-0.1, -0.05) is 11.6 Å². The normalized spacial score (nSPS) is 10.7. The molecular weight excluding hydrogens is 456 g/mol. The molecule has 0 atom stereocenters. The van der Waals surface area contributed by atoms with Crippen LogP contribution in [0.4, 0.5) is 14.5 Å². The molecule has 10 heteroatoms. The number of nitrogens with zero attached hydrogens (tertiary/aromatic N) is 2. The zero-order chi connectivity index (χ0) is 23.5. The van der Waals surface area contributed by atoms with Gasteiger partial charge in [-0.3, -0.25) is 14.8 Å². The first kappa shape index (κ1) is 22.2. The third-order valence-electron chi connectivity index (χ3n) is 4.68. The molecule has 4 rings (SSSR count). The van der Waals surface area contributed by atoms with Crippen LogP contribution in [0.15, 0.2) is 55.0 Å². The molecule has 0 aliphatic heterocycles. The molecule has 0 unspecified atom stereocenters. The van der Waals surface area contributed by atoms with Crippen LogP contribution in [-0.2, 0) is 0 Å². The van der Waals surface area contributed by atoms with E-state index in [4.69, 9.17) is 25.8 Å². The van der Waals surface area contributed by atoms with Gasteiger partial charge in [-0.05, 0) is 18.2 Å². The Morgan fingerprint density at radius 2 is 1.73 bits per heavy atom. The Labute approximate surface area is 191 Å². The van der Waals surface area contributed by atoms with Crippen LogP contribution >= 0.6 is 11.6 Å². The summed E-state index contributed by atoms with van der Waals surface area (Å²) in [5, 5.41) is 3.02. The molecule has 1 N–H and O–H groups in total. The number of halogens is 3. The number of fused-ring (bicyclic) bond motifs is 1. The zero-order valence-corrected chi connectivity index (χ0v) is 18.1. The molecule has 33 heavy (non-hydrogen) atoms. The molecule has 2 aromatic carbocycles. The fourth-order valence-corrected chi connectivity index (χ4v) is 3.45. The lowest BCUT2D eigenvalue weighted by molar-refractivity contribution is 0.102. The second kappa shape index (κ2) is 9.25. The number of ether oxygens (including phenoxy) is 3. The van der Waals surface area contributed by atoms with E-state index in [1.165, 1.54) is 51.0 Å². The van der Waals surface area contributed by atoms with Gasteiger partial charge in [0.1, 0.15) is 17.2 Å². The van der Waals surface area contributed by atoms with Crippen molar-refractivity contribution in [2.45, 2.75) is 0 Å². The summed E-state index contributed by atoms with van der Waals surface area (Å²) in [7, 11) is 2.87. The molecule has 0 bridgehead atoms. The Morgan fingerprint density at radius 1 is 1.00 bits per heavy atom. The van der Waals surface area contributed by atoms with E-state index in [-0.39, 0.29) is 27.8 Å². The first-order valence-corrected chi connectivity index (χ1v) is 9.87. The molecule has 0 aliphatic rings. The fraction of sp³-hybridized carbons (Fsp3) is 0.0870. The van der Waals surface area contributed by atoms with Crippen LogP contribution in [0.3, 0.4) is 0 Å². The number of carbonyl (C=O) groups excluding carboxylic acids is 1. The van der Waals surface area contributed by atoms with Gasteiger partial charge in [-0.15, -0.1) is 0 Å². The average molecular weight is 472 g/mol. The molecule has 2 heterocycles. The summed E-state index contributed by atoms with van der Waals surface area (Å²) in [5.41, 5.74) is 0.414. The summed E-state index contributed by atoms with van der Waals surface area (Å²) >= 11 is 6.31. The van der Waals surface area contributed by atoms with E-state index in [1.54, 1.807) is 6.07 Å². The highest BCUT2D eigenvalue weighted by atomic mass is 35.5. The number of methoxy groups -OCH3 is 2.